The van der Waals surface area contributed by atoms with Crippen LogP contribution in [0.3, 0.4) is 0 Å². The fourth-order valence-electron chi connectivity index (χ4n) is 12.8. The Bertz CT molecular complexity index is 4000. The van der Waals surface area contributed by atoms with E-state index >= 15 is 0 Å². The second-order valence-electron chi connectivity index (χ2n) is 28.8. The molecule has 0 saturated carbocycles. The van der Waals surface area contributed by atoms with E-state index < -0.39 is 23.9 Å². The number of hydrogen-bond acceptors (Lipinski definition) is 12. The number of rotatable bonds is 30. The number of cyclic esters (lactones) is 2. The van der Waals surface area contributed by atoms with E-state index in [0.717, 1.165) is 122 Å². The van der Waals surface area contributed by atoms with Gasteiger partial charge >= 0.3 is 23.9 Å². The zero-order valence-corrected chi connectivity index (χ0v) is 64.2. The number of carbonyl (C=O) groups excluding carboxylic acids is 6. The zero-order chi connectivity index (χ0) is 76.0. The summed E-state index contributed by atoms with van der Waals surface area (Å²) in [6, 6.07) is 29.4. The van der Waals surface area contributed by atoms with E-state index in [1.165, 1.54) is 50.1 Å². The molecule has 5 aliphatic carbocycles. The van der Waals surface area contributed by atoms with Gasteiger partial charge in [-0.3, -0.25) is 9.59 Å². The molecule has 0 unspecified atom stereocenters. The van der Waals surface area contributed by atoms with E-state index in [4.69, 9.17) is 20.3 Å². The number of aliphatic hydroxyl groups excluding tert-OH is 2. The first-order chi connectivity index (χ1) is 50.5. The number of nitrogens with two attached hydrogens (primary N) is 1. The molecule has 14 nitrogen and oxygen atoms in total. The maximum absolute atomic E-state index is 14.1. The molecule has 560 valence electrons. The Kier molecular flexibility index (Phi) is 36.9. The third-order valence-corrected chi connectivity index (χ3v) is 18.9. The lowest BCUT2D eigenvalue weighted by atomic mass is 9.88. The Morgan fingerprint density at radius 1 is 0.400 bits per heavy atom. The summed E-state index contributed by atoms with van der Waals surface area (Å²) in [6.07, 6.45) is 36.1. The number of hydrogen-bond donors (Lipinski definition) is 5. The zero-order valence-electron chi connectivity index (χ0n) is 64.2. The van der Waals surface area contributed by atoms with Crippen molar-refractivity contribution in [2.24, 2.45) is 5.73 Å². The van der Waals surface area contributed by atoms with Crippen LogP contribution in [-0.4, -0.2) is 72.3 Å². The van der Waals surface area contributed by atoms with Crippen LogP contribution in [0.25, 0.3) is 0 Å². The van der Waals surface area contributed by atoms with Gasteiger partial charge in [0.05, 0.1) is 29.9 Å². The number of esters is 4. The van der Waals surface area contributed by atoms with E-state index in [9.17, 15) is 33.9 Å². The van der Waals surface area contributed by atoms with Crippen LogP contribution in [0, 0.1) is 0 Å². The van der Waals surface area contributed by atoms with Gasteiger partial charge in [-0.1, -0.05) is 207 Å². The molecule has 0 atom stereocenters. The first-order valence-electron chi connectivity index (χ1n) is 37.4. The average molecular weight is 1430 g/mol. The molecule has 1 heterocycles. The van der Waals surface area contributed by atoms with Crippen molar-refractivity contribution in [2.45, 2.75) is 217 Å². The van der Waals surface area contributed by atoms with E-state index in [0.29, 0.717) is 104 Å². The first-order valence-corrected chi connectivity index (χ1v) is 37.4. The minimum Gasteiger partial charge on any atom is -0.458 e. The Morgan fingerprint density at radius 2 is 0.752 bits per heavy atom. The second-order valence-corrected chi connectivity index (χ2v) is 28.8. The molecule has 105 heavy (non-hydrogen) atoms. The second kappa shape index (κ2) is 45.8. The van der Waals surface area contributed by atoms with E-state index in [-0.39, 0.29) is 38.2 Å². The summed E-state index contributed by atoms with van der Waals surface area (Å²) < 4.78 is 16.8. The average Bonchev–Trinajstić information content (AvgIpc) is 1.74. The number of ether oxygens (including phenoxy) is 3. The number of allylic oxidation sites excluding steroid dienone is 20. The molecule has 3 aromatic carbocycles. The summed E-state index contributed by atoms with van der Waals surface area (Å²) >= 11 is 0. The molecular formula is C91H115N3O11. The quantitative estimate of drug-likeness (QED) is 0.0182. The van der Waals surface area contributed by atoms with Gasteiger partial charge in [-0.25, -0.2) is 19.2 Å². The van der Waals surface area contributed by atoms with Crippen molar-refractivity contribution in [3.05, 3.63) is 280 Å². The van der Waals surface area contributed by atoms with Crippen molar-refractivity contribution in [3.8, 4) is 0 Å². The summed E-state index contributed by atoms with van der Waals surface area (Å²) in [5.74, 6) is -2.46. The van der Waals surface area contributed by atoms with Crippen LogP contribution in [0.15, 0.2) is 263 Å². The number of amides is 2. The molecular weight excluding hydrogens is 1310 g/mol. The fraction of sp³-hybridized carbons (Fsp3) is 0.407. The van der Waals surface area contributed by atoms with Crippen molar-refractivity contribution in [1.29, 1.82) is 0 Å². The summed E-state index contributed by atoms with van der Waals surface area (Å²) in [6.45, 7) is 22.4. The molecule has 0 saturated heterocycles. The van der Waals surface area contributed by atoms with Crippen molar-refractivity contribution in [1.82, 2.24) is 10.6 Å². The molecule has 9 rings (SSSR count). The topological polar surface area (TPSA) is 221 Å². The van der Waals surface area contributed by atoms with E-state index in [1.807, 2.05) is 91.0 Å². The van der Waals surface area contributed by atoms with E-state index in [1.54, 1.807) is 0 Å². The van der Waals surface area contributed by atoms with Crippen LogP contribution < -0.4 is 16.4 Å². The van der Waals surface area contributed by atoms with Crippen molar-refractivity contribution >= 4 is 35.7 Å². The van der Waals surface area contributed by atoms with Gasteiger partial charge in [0.25, 0.3) is 0 Å². The highest BCUT2D eigenvalue weighted by Crippen LogP contribution is 2.36. The highest BCUT2D eigenvalue weighted by molar-refractivity contribution is 6.13. The van der Waals surface area contributed by atoms with Gasteiger partial charge in [0.2, 0.25) is 11.8 Å². The van der Waals surface area contributed by atoms with Crippen LogP contribution in [0.1, 0.15) is 214 Å². The van der Waals surface area contributed by atoms with Crippen molar-refractivity contribution < 1.29 is 53.2 Å². The number of carbonyl (C=O) groups is 6. The molecule has 0 aromatic heterocycles. The van der Waals surface area contributed by atoms with Gasteiger partial charge in [0.15, 0.2) is 0 Å². The lowest BCUT2D eigenvalue weighted by Gasteiger charge is -2.24. The highest BCUT2D eigenvalue weighted by Gasteiger charge is 2.35. The Morgan fingerprint density at radius 3 is 1.19 bits per heavy atom. The van der Waals surface area contributed by atoms with Gasteiger partial charge < -0.3 is 40.8 Å². The smallest absolute Gasteiger partial charge is 0.342 e. The molecule has 0 bridgehead atoms. The van der Waals surface area contributed by atoms with Gasteiger partial charge in [-0.05, 0) is 224 Å². The molecule has 14 heteroatoms. The van der Waals surface area contributed by atoms with Crippen LogP contribution in [0.2, 0.25) is 0 Å². The summed E-state index contributed by atoms with van der Waals surface area (Å²) in [5.41, 5.74) is 27.5. The van der Waals surface area contributed by atoms with Gasteiger partial charge in [-0.2, -0.15) is 0 Å². The maximum Gasteiger partial charge on any atom is 0.342 e. The van der Waals surface area contributed by atoms with Gasteiger partial charge in [0, 0.05) is 49.2 Å². The van der Waals surface area contributed by atoms with Crippen LogP contribution in [0.5, 0.6) is 0 Å². The molecule has 6 aliphatic rings. The van der Waals surface area contributed by atoms with Crippen molar-refractivity contribution in [2.75, 3.05) is 26.4 Å². The highest BCUT2D eigenvalue weighted by atomic mass is 16.6. The van der Waals surface area contributed by atoms with Crippen LogP contribution in [0.4, 0.5) is 0 Å². The molecule has 0 radical (unpaired) electrons. The number of aliphatic hydroxyl groups is 2. The fourth-order valence-corrected chi connectivity index (χ4v) is 12.8. The normalized spacial score (nSPS) is 15.3. The Hall–Kier alpha value is -9.34. The van der Waals surface area contributed by atoms with Crippen molar-refractivity contribution in [3.63, 3.8) is 0 Å². The monoisotopic (exact) mass is 1430 g/mol. The predicted molar refractivity (Wildman–Crippen MR) is 423 cm³/mol. The lowest BCUT2D eigenvalue weighted by molar-refractivity contribution is -0.151. The molecule has 0 spiro atoms. The summed E-state index contributed by atoms with van der Waals surface area (Å²) in [7, 11) is 0. The standard InChI is InChI=1S/C56H68N2O6.C14H16O3.C14H22O2.C7H9N/c1-39(2)16-13-23-42-26-29-47(37-63-56(62)52-34-44(25-15-18-41(5)6)27-30-49(52)53(59)57-35-45-19-9-7-10-20-45)48(32-42)38-64-55(61)50-31-28-43(24-14-17-40(3)4)33-51(50)54(60)58-36-46-21-11-8-12-22-46;1-9(2)4-3-5-10-6-7-11-12(8-10)14(16)17-13(11)15;1-11(2)4-3-5-12-6-7-13(9-15)14(8-12)10-16;8-6-7-4-2-1-3-5-7/h7-12,16-22,26-28H,13-15,23-25,29-38H2,1-6H3,(H,57,59)(H,58,60);4,6H,3,5,7-8H2,1-2H3;4,6,15-16H,3,5,7-10H2,1-2H3;1-5H,6,8H2. The largest absolute Gasteiger partial charge is 0.458 e. The summed E-state index contributed by atoms with van der Waals surface area (Å²) in [4.78, 5) is 78.3. The predicted octanol–water partition coefficient (Wildman–Crippen LogP) is 18.7. The minimum absolute atomic E-state index is 0.0102. The molecule has 1 aliphatic heterocycles. The number of benzene rings is 3. The molecule has 0 fully saturated rings. The Labute approximate surface area is 625 Å². The molecule has 3 aromatic rings. The van der Waals surface area contributed by atoms with Gasteiger partial charge in [0.1, 0.15) is 13.2 Å². The SMILES string of the molecule is CC(C)=CCCC1=CCC(CO)=C(CO)C1.CC(C)=CCCC1=CCC(COC(=O)C2=C(C(=O)NCc3ccccc3)CC=C(CCC=C(C)C)C2)=C(COC(=O)C2=C(C(=O)NCc3ccccc3)CC(CCC=C(C)C)=CC2)C1.CC(C)=CCCC1=CCC2=C(C1)C(=O)OC2=O.NCc1ccccc1. The van der Waals surface area contributed by atoms with Crippen LogP contribution >= 0.6 is 0 Å². The number of nitrogens with one attached hydrogen (secondary N) is 2. The third kappa shape index (κ3) is 30.3. The third-order valence-electron chi connectivity index (χ3n) is 18.9. The van der Waals surface area contributed by atoms with Crippen LogP contribution in [-0.2, 0) is 62.6 Å². The first kappa shape index (κ1) is 84.6. The van der Waals surface area contributed by atoms with Gasteiger partial charge in [-0.15, -0.1) is 0 Å². The maximum atomic E-state index is 14.1. The molecule has 2 amide bonds. The lowest BCUT2D eigenvalue weighted by Crippen LogP contribution is -2.29. The minimum atomic E-state index is -0.514. The van der Waals surface area contributed by atoms with E-state index in [2.05, 4.69) is 145 Å². The Balaban J connectivity index is 0.000000334. The molecule has 6 N–H and O–H groups in total. The summed E-state index contributed by atoms with van der Waals surface area (Å²) in [5, 5.41) is 24.4.